The zero-order chi connectivity index (χ0) is 17.2. The Morgan fingerprint density at radius 3 is 2.57 bits per heavy atom. The summed E-state index contributed by atoms with van der Waals surface area (Å²) >= 11 is 0. The molecule has 0 aliphatic heterocycles. The molecule has 9 heteroatoms. The van der Waals surface area contributed by atoms with E-state index in [4.69, 9.17) is 10.5 Å². The molecule has 0 spiro atoms. The zero-order valence-corrected chi connectivity index (χ0v) is 12.8. The summed E-state index contributed by atoms with van der Waals surface area (Å²) in [6.45, 7) is 5.09. The minimum Gasteiger partial charge on any atom is -0.444 e. The van der Waals surface area contributed by atoms with Crippen LogP contribution in [0.1, 0.15) is 31.3 Å². The second-order valence-corrected chi connectivity index (χ2v) is 5.71. The molecule has 8 nitrogen and oxygen atoms in total. The van der Waals surface area contributed by atoms with E-state index in [1.165, 1.54) is 12.1 Å². The van der Waals surface area contributed by atoms with Gasteiger partial charge in [-0.25, -0.2) is 9.18 Å². The highest BCUT2D eigenvalue weighted by Crippen LogP contribution is 2.24. The third-order valence-electron chi connectivity index (χ3n) is 2.66. The van der Waals surface area contributed by atoms with E-state index in [0.717, 1.165) is 6.07 Å². The molecule has 0 saturated heterocycles. The fourth-order valence-electron chi connectivity index (χ4n) is 1.78. The van der Waals surface area contributed by atoms with Crippen molar-refractivity contribution in [3.05, 3.63) is 29.7 Å². The van der Waals surface area contributed by atoms with Gasteiger partial charge in [0.25, 0.3) is 5.91 Å². The second kappa shape index (κ2) is 6.03. The van der Waals surface area contributed by atoms with Gasteiger partial charge in [0.1, 0.15) is 17.1 Å². The number of hydrogen-bond donors (Lipinski definition) is 3. The summed E-state index contributed by atoms with van der Waals surface area (Å²) in [5.41, 5.74) is 4.72. The van der Waals surface area contributed by atoms with Crippen LogP contribution >= 0.6 is 0 Å². The number of benzene rings is 1. The van der Waals surface area contributed by atoms with E-state index >= 15 is 0 Å². The lowest BCUT2D eigenvalue weighted by atomic mass is 10.1. The fraction of sp³-hybridized carbons (Fsp3) is 0.286. The Balaban J connectivity index is 2.23. The highest BCUT2D eigenvalue weighted by Gasteiger charge is 2.19. The zero-order valence-electron chi connectivity index (χ0n) is 12.8. The van der Waals surface area contributed by atoms with Gasteiger partial charge in [-0.3, -0.25) is 10.1 Å². The van der Waals surface area contributed by atoms with E-state index in [2.05, 4.69) is 20.7 Å². The number of H-pyrrole nitrogens is 1. The van der Waals surface area contributed by atoms with Crippen molar-refractivity contribution in [2.45, 2.75) is 26.4 Å². The Labute approximate surface area is 131 Å². The van der Waals surface area contributed by atoms with Crippen LogP contribution in [0.2, 0.25) is 0 Å². The van der Waals surface area contributed by atoms with Crippen LogP contribution in [0.5, 0.6) is 0 Å². The number of nitrogens with two attached hydrogens (primary N) is 1. The number of ether oxygens (including phenoxy) is 1. The second-order valence-electron chi connectivity index (χ2n) is 5.71. The molecule has 0 aliphatic carbocycles. The maximum absolute atomic E-state index is 14.1. The molecule has 2 aromatic rings. The molecule has 1 aromatic heterocycles. The number of rotatable bonds is 3. The van der Waals surface area contributed by atoms with Crippen molar-refractivity contribution in [1.82, 2.24) is 15.4 Å². The maximum atomic E-state index is 14.1. The number of aromatic nitrogens is 3. The number of aromatic amines is 1. The first-order valence-electron chi connectivity index (χ1n) is 6.68. The molecule has 1 heterocycles. The molecule has 122 valence electrons. The summed E-state index contributed by atoms with van der Waals surface area (Å²) in [6, 6.07) is 3.91. The number of carbonyl (C=O) groups excluding carboxylic acids is 2. The maximum Gasteiger partial charge on any atom is 0.412 e. The minimum atomic E-state index is -0.787. The number of anilines is 1. The molecule has 2 rings (SSSR count). The molecule has 0 atom stereocenters. The number of nitrogens with zero attached hydrogens (tertiary/aromatic N) is 2. The third kappa shape index (κ3) is 4.02. The smallest absolute Gasteiger partial charge is 0.412 e. The van der Waals surface area contributed by atoms with E-state index in [1.54, 1.807) is 20.8 Å². The third-order valence-corrected chi connectivity index (χ3v) is 2.66. The highest BCUT2D eigenvalue weighted by molar-refractivity contribution is 5.96. The number of primary amides is 1. The topological polar surface area (TPSA) is 123 Å². The summed E-state index contributed by atoms with van der Waals surface area (Å²) in [4.78, 5) is 22.9. The average Bonchev–Trinajstić information content (AvgIpc) is 2.88. The van der Waals surface area contributed by atoms with Gasteiger partial charge in [-0.05, 0) is 32.9 Å². The molecule has 0 unspecified atom stereocenters. The molecular formula is C14H16FN5O3. The quantitative estimate of drug-likeness (QED) is 0.798. The van der Waals surface area contributed by atoms with Crippen LogP contribution in [0.25, 0.3) is 11.3 Å². The summed E-state index contributed by atoms with van der Waals surface area (Å²) in [5.74, 6) is -1.50. The first kappa shape index (κ1) is 16.4. The van der Waals surface area contributed by atoms with Gasteiger partial charge in [0.15, 0.2) is 5.69 Å². The Hall–Kier alpha value is -2.97. The molecule has 2 amide bonds. The Morgan fingerprint density at radius 1 is 1.30 bits per heavy atom. The minimum absolute atomic E-state index is 0.0629. The molecule has 0 bridgehead atoms. The first-order valence-corrected chi connectivity index (χ1v) is 6.68. The normalized spacial score (nSPS) is 11.1. The van der Waals surface area contributed by atoms with E-state index < -0.39 is 23.4 Å². The Bertz CT molecular complexity index is 751. The summed E-state index contributed by atoms with van der Waals surface area (Å²) in [7, 11) is 0. The van der Waals surface area contributed by atoms with Gasteiger partial charge in [0.05, 0.1) is 5.69 Å². The number of nitrogens with one attached hydrogen (secondary N) is 2. The molecule has 1 aromatic carbocycles. The average molecular weight is 321 g/mol. The van der Waals surface area contributed by atoms with Crippen molar-refractivity contribution >= 4 is 17.7 Å². The SMILES string of the molecule is CC(C)(C)OC(=O)Nc1ccc(-c2n[nH]nc2C(N)=O)cc1F. The molecular weight excluding hydrogens is 305 g/mol. The number of carbonyl (C=O) groups is 2. The van der Waals surface area contributed by atoms with E-state index in [0.29, 0.717) is 5.56 Å². The predicted molar refractivity (Wildman–Crippen MR) is 80.2 cm³/mol. The molecule has 0 radical (unpaired) electrons. The molecule has 0 aliphatic rings. The van der Waals surface area contributed by atoms with Crippen LogP contribution in [0, 0.1) is 5.82 Å². The van der Waals surface area contributed by atoms with E-state index in [1.807, 2.05) is 0 Å². The number of amides is 2. The first-order chi connectivity index (χ1) is 10.7. The molecule has 23 heavy (non-hydrogen) atoms. The van der Waals surface area contributed by atoms with Gasteiger partial charge in [-0.1, -0.05) is 6.07 Å². The fourth-order valence-corrected chi connectivity index (χ4v) is 1.78. The van der Waals surface area contributed by atoms with E-state index in [9.17, 15) is 14.0 Å². The predicted octanol–water partition coefficient (Wildman–Crippen LogP) is 2.06. The van der Waals surface area contributed by atoms with Gasteiger partial charge in [0, 0.05) is 5.56 Å². The van der Waals surface area contributed by atoms with Crippen LogP contribution in [-0.2, 0) is 4.74 Å². The van der Waals surface area contributed by atoms with Crippen LogP contribution < -0.4 is 11.1 Å². The van der Waals surface area contributed by atoms with Crippen LogP contribution in [-0.4, -0.2) is 33.0 Å². The van der Waals surface area contributed by atoms with Crippen LogP contribution in [0.4, 0.5) is 14.9 Å². The van der Waals surface area contributed by atoms with Crippen molar-refractivity contribution in [2.24, 2.45) is 5.73 Å². The molecule has 4 N–H and O–H groups in total. The lowest BCUT2D eigenvalue weighted by molar-refractivity contribution is 0.0635. The van der Waals surface area contributed by atoms with Crippen molar-refractivity contribution in [1.29, 1.82) is 0 Å². The molecule has 0 saturated carbocycles. The summed E-state index contributed by atoms with van der Waals surface area (Å²) in [5, 5.41) is 11.9. The van der Waals surface area contributed by atoms with Gasteiger partial charge in [-0.15, -0.1) is 0 Å². The Kier molecular flexibility index (Phi) is 4.30. The van der Waals surface area contributed by atoms with Crippen LogP contribution in [0.3, 0.4) is 0 Å². The van der Waals surface area contributed by atoms with E-state index in [-0.39, 0.29) is 17.1 Å². The van der Waals surface area contributed by atoms with Gasteiger partial charge >= 0.3 is 6.09 Å². The van der Waals surface area contributed by atoms with Crippen molar-refractivity contribution in [2.75, 3.05) is 5.32 Å². The molecule has 0 fully saturated rings. The standard InChI is InChI=1S/C14H16FN5O3/c1-14(2,3)23-13(22)17-9-5-4-7(6-8(9)15)10-11(12(16)21)19-20-18-10/h4-6H,1-3H3,(H2,16,21)(H,17,22)(H,18,19,20). The number of hydrogen-bond acceptors (Lipinski definition) is 5. The summed E-state index contributed by atoms with van der Waals surface area (Å²) in [6.07, 6.45) is -0.775. The largest absolute Gasteiger partial charge is 0.444 e. The van der Waals surface area contributed by atoms with Gasteiger partial charge < -0.3 is 10.5 Å². The Morgan fingerprint density at radius 2 is 2.00 bits per heavy atom. The van der Waals surface area contributed by atoms with Crippen molar-refractivity contribution in [3.63, 3.8) is 0 Å². The lowest BCUT2D eigenvalue weighted by Gasteiger charge is -2.19. The highest BCUT2D eigenvalue weighted by atomic mass is 19.1. The van der Waals surface area contributed by atoms with Gasteiger partial charge in [0.2, 0.25) is 0 Å². The lowest BCUT2D eigenvalue weighted by Crippen LogP contribution is -2.27. The van der Waals surface area contributed by atoms with Crippen molar-refractivity contribution < 1.29 is 18.7 Å². The number of halogens is 1. The van der Waals surface area contributed by atoms with Gasteiger partial charge in [-0.2, -0.15) is 15.4 Å². The van der Waals surface area contributed by atoms with Crippen LogP contribution in [0.15, 0.2) is 18.2 Å². The monoisotopic (exact) mass is 321 g/mol. The van der Waals surface area contributed by atoms with Crippen molar-refractivity contribution in [3.8, 4) is 11.3 Å². The summed E-state index contributed by atoms with van der Waals surface area (Å²) < 4.78 is 19.2.